The second-order valence-electron chi connectivity index (χ2n) is 5.52. The van der Waals surface area contributed by atoms with E-state index in [2.05, 4.69) is 5.10 Å². The van der Waals surface area contributed by atoms with Gasteiger partial charge >= 0.3 is 5.97 Å². The molecule has 0 saturated carbocycles. The van der Waals surface area contributed by atoms with E-state index in [4.69, 9.17) is 10.5 Å². The van der Waals surface area contributed by atoms with E-state index < -0.39 is 0 Å². The second-order valence-corrected chi connectivity index (χ2v) is 5.52. The van der Waals surface area contributed by atoms with Crippen LogP contribution in [0.4, 0.5) is 10.2 Å². The van der Waals surface area contributed by atoms with Gasteiger partial charge in [-0.15, -0.1) is 0 Å². The summed E-state index contributed by atoms with van der Waals surface area (Å²) in [5.41, 5.74) is 9.12. The maximum Gasteiger partial charge on any atom is 0.310 e. The molecule has 0 unspecified atom stereocenters. The fourth-order valence-electron chi connectivity index (χ4n) is 2.50. The number of rotatable bonds is 5. The number of benzene rings is 2. The first-order valence-corrected chi connectivity index (χ1v) is 7.93. The van der Waals surface area contributed by atoms with Crippen LogP contribution in [0.2, 0.25) is 0 Å². The van der Waals surface area contributed by atoms with E-state index in [-0.39, 0.29) is 18.2 Å². The summed E-state index contributed by atoms with van der Waals surface area (Å²) in [4.78, 5) is 11.5. The average molecular weight is 339 g/mol. The van der Waals surface area contributed by atoms with Crippen molar-refractivity contribution in [1.82, 2.24) is 9.78 Å². The van der Waals surface area contributed by atoms with Crippen molar-refractivity contribution in [2.75, 3.05) is 12.3 Å². The third-order valence-electron chi connectivity index (χ3n) is 3.71. The van der Waals surface area contributed by atoms with Crippen molar-refractivity contribution in [2.24, 2.45) is 0 Å². The van der Waals surface area contributed by atoms with Crippen LogP contribution in [0, 0.1) is 5.82 Å². The highest BCUT2D eigenvalue weighted by Crippen LogP contribution is 2.23. The van der Waals surface area contributed by atoms with Crippen LogP contribution in [-0.2, 0) is 16.0 Å². The quantitative estimate of drug-likeness (QED) is 0.724. The number of nitrogens with two attached hydrogens (primary N) is 1. The average Bonchev–Trinajstić information content (AvgIpc) is 2.98. The first-order chi connectivity index (χ1) is 12.1. The highest BCUT2D eigenvalue weighted by molar-refractivity contribution is 5.72. The van der Waals surface area contributed by atoms with Gasteiger partial charge in [-0.05, 0) is 48.9 Å². The van der Waals surface area contributed by atoms with Gasteiger partial charge in [-0.2, -0.15) is 5.10 Å². The van der Waals surface area contributed by atoms with Gasteiger partial charge in [0.15, 0.2) is 0 Å². The van der Waals surface area contributed by atoms with Crippen molar-refractivity contribution in [3.63, 3.8) is 0 Å². The van der Waals surface area contributed by atoms with Gasteiger partial charge in [0.25, 0.3) is 0 Å². The Labute approximate surface area is 144 Å². The molecule has 0 spiro atoms. The smallest absolute Gasteiger partial charge is 0.310 e. The molecule has 3 rings (SSSR count). The van der Waals surface area contributed by atoms with E-state index in [9.17, 15) is 9.18 Å². The molecule has 1 aromatic heterocycles. The Morgan fingerprint density at radius 1 is 1.16 bits per heavy atom. The fourth-order valence-corrected chi connectivity index (χ4v) is 2.50. The van der Waals surface area contributed by atoms with Crippen molar-refractivity contribution in [3.8, 4) is 16.9 Å². The Kier molecular flexibility index (Phi) is 4.79. The Bertz CT molecular complexity index is 871. The van der Waals surface area contributed by atoms with Gasteiger partial charge < -0.3 is 10.5 Å². The highest BCUT2D eigenvalue weighted by Gasteiger charge is 2.10. The molecule has 0 atom stereocenters. The minimum absolute atomic E-state index is 0.226. The number of carbonyl (C=O) groups excluding carboxylic acids is 1. The summed E-state index contributed by atoms with van der Waals surface area (Å²) in [6.07, 6.45) is 0.226. The zero-order valence-electron chi connectivity index (χ0n) is 13.8. The lowest BCUT2D eigenvalue weighted by Gasteiger charge is -2.06. The zero-order valence-corrected chi connectivity index (χ0v) is 13.8. The molecule has 3 aromatic rings. The predicted octanol–water partition coefficient (Wildman–Crippen LogP) is 3.37. The maximum absolute atomic E-state index is 13.0. The Hall–Kier alpha value is -3.15. The number of anilines is 1. The largest absolute Gasteiger partial charge is 0.466 e. The molecule has 0 radical (unpaired) electrons. The van der Waals surface area contributed by atoms with Gasteiger partial charge in [0.1, 0.15) is 11.6 Å². The molecule has 1 heterocycles. The Morgan fingerprint density at radius 2 is 1.84 bits per heavy atom. The lowest BCUT2D eigenvalue weighted by molar-refractivity contribution is -0.142. The molecule has 0 aliphatic carbocycles. The monoisotopic (exact) mass is 339 g/mol. The van der Waals surface area contributed by atoms with Crippen molar-refractivity contribution < 1.29 is 13.9 Å². The van der Waals surface area contributed by atoms with Crippen molar-refractivity contribution >= 4 is 11.8 Å². The van der Waals surface area contributed by atoms with Crippen molar-refractivity contribution in [2.45, 2.75) is 13.3 Å². The zero-order chi connectivity index (χ0) is 17.8. The first kappa shape index (κ1) is 16.7. The summed E-state index contributed by atoms with van der Waals surface area (Å²) in [5, 5.41) is 4.48. The number of nitrogen functional groups attached to an aromatic ring is 1. The molecule has 0 bridgehead atoms. The summed E-state index contributed by atoms with van der Waals surface area (Å²) in [7, 11) is 0. The predicted molar refractivity (Wildman–Crippen MR) is 93.7 cm³/mol. The molecule has 2 aromatic carbocycles. The van der Waals surface area contributed by atoms with Gasteiger partial charge in [-0.1, -0.05) is 12.1 Å². The van der Waals surface area contributed by atoms with Crippen molar-refractivity contribution in [3.05, 3.63) is 66.0 Å². The second kappa shape index (κ2) is 7.17. The topological polar surface area (TPSA) is 70.1 Å². The maximum atomic E-state index is 13.0. The lowest BCUT2D eigenvalue weighted by atomic mass is 10.1. The number of halogens is 1. The van der Waals surface area contributed by atoms with E-state index >= 15 is 0 Å². The van der Waals surface area contributed by atoms with Crippen molar-refractivity contribution in [1.29, 1.82) is 0 Å². The number of carbonyl (C=O) groups is 1. The normalized spacial score (nSPS) is 10.6. The number of aromatic nitrogens is 2. The van der Waals surface area contributed by atoms with Crippen LogP contribution in [-0.4, -0.2) is 22.4 Å². The van der Waals surface area contributed by atoms with Gasteiger partial charge in [0, 0.05) is 11.6 Å². The number of esters is 1. The first-order valence-electron chi connectivity index (χ1n) is 7.93. The number of hydrogen-bond donors (Lipinski definition) is 1. The van der Waals surface area contributed by atoms with Gasteiger partial charge in [-0.25, -0.2) is 9.07 Å². The molecule has 0 aliphatic rings. The molecule has 2 N–H and O–H groups in total. The molecule has 0 amide bonds. The minimum Gasteiger partial charge on any atom is -0.466 e. The van der Waals surface area contributed by atoms with Crippen LogP contribution < -0.4 is 5.73 Å². The van der Waals surface area contributed by atoms with Crippen LogP contribution in [0.25, 0.3) is 16.9 Å². The molecule has 5 nitrogen and oxygen atoms in total. The van der Waals surface area contributed by atoms with E-state index in [1.54, 1.807) is 29.8 Å². The molecular weight excluding hydrogens is 321 g/mol. The number of hydrogen-bond acceptors (Lipinski definition) is 4. The fraction of sp³-hybridized carbons (Fsp3) is 0.158. The highest BCUT2D eigenvalue weighted by atomic mass is 19.1. The van der Waals surface area contributed by atoms with E-state index in [0.717, 1.165) is 16.8 Å². The SMILES string of the molecule is CCOC(=O)Cc1ccc(-n2nc(-c3ccc(F)cc3)cc2N)cc1. The van der Waals surface area contributed by atoms with E-state index in [1.165, 1.54) is 12.1 Å². The lowest BCUT2D eigenvalue weighted by Crippen LogP contribution is -2.07. The van der Waals surface area contributed by atoms with Gasteiger partial charge in [0.05, 0.1) is 24.4 Å². The van der Waals surface area contributed by atoms with Crippen LogP contribution >= 0.6 is 0 Å². The summed E-state index contributed by atoms with van der Waals surface area (Å²) in [6.45, 7) is 2.15. The molecule has 0 aliphatic heterocycles. The molecule has 128 valence electrons. The van der Waals surface area contributed by atoms with Crippen LogP contribution in [0.3, 0.4) is 0 Å². The standard InChI is InChI=1S/C19H18FN3O2/c1-2-25-19(24)11-13-3-9-16(10-4-13)23-18(21)12-17(22-23)14-5-7-15(20)8-6-14/h3-10,12H,2,11,21H2,1H3. The Morgan fingerprint density at radius 3 is 2.48 bits per heavy atom. The number of nitrogens with zero attached hydrogens (tertiary/aromatic N) is 2. The molecule has 0 fully saturated rings. The summed E-state index contributed by atoms with van der Waals surface area (Å²) in [5.74, 6) is -0.0849. The molecule has 25 heavy (non-hydrogen) atoms. The minimum atomic E-state index is -0.298. The van der Waals surface area contributed by atoms with Gasteiger partial charge in [0.2, 0.25) is 0 Å². The Balaban J connectivity index is 1.82. The summed E-state index contributed by atoms with van der Waals surface area (Å²) < 4.78 is 19.6. The number of ether oxygens (including phenoxy) is 1. The van der Waals surface area contributed by atoms with Crippen LogP contribution in [0.1, 0.15) is 12.5 Å². The van der Waals surface area contributed by atoms with Crippen LogP contribution in [0.5, 0.6) is 0 Å². The third-order valence-corrected chi connectivity index (χ3v) is 3.71. The van der Waals surface area contributed by atoms with E-state index in [0.29, 0.717) is 18.1 Å². The molecular formula is C19H18FN3O2. The third kappa shape index (κ3) is 3.85. The summed E-state index contributed by atoms with van der Waals surface area (Å²) >= 11 is 0. The molecule has 0 saturated heterocycles. The van der Waals surface area contributed by atoms with Gasteiger partial charge in [-0.3, -0.25) is 4.79 Å². The molecule has 6 heteroatoms. The summed E-state index contributed by atoms with van der Waals surface area (Å²) in [6, 6.07) is 15.2. The van der Waals surface area contributed by atoms with Crippen LogP contribution in [0.15, 0.2) is 54.6 Å². The van der Waals surface area contributed by atoms with E-state index in [1.807, 2.05) is 24.3 Å².